The van der Waals surface area contributed by atoms with Gasteiger partial charge in [0, 0.05) is 17.8 Å². The number of carbonyl (C=O) groups excluding carboxylic acids is 2. The van der Waals surface area contributed by atoms with Crippen molar-refractivity contribution in [2.45, 2.75) is 64.6 Å². The summed E-state index contributed by atoms with van der Waals surface area (Å²) >= 11 is 0. The van der Waals surface area contributed by atoms with Gasteiger partial charge in [-0.3, -0.25) is 9.59 Å². The molecule has 37 heavy (non-hydrogen) atoms. The van der Waals surface area contributed by atoms with Gasteiger partial charge in [-0.1, -0.05) is 51.7 Å². The zero-order valence-corrected chi connectivity index (χ0v) is 21.0. The number of aliphatic carboxylic acids is 1. The predicted octanol–water partition coefficient (Wildman–Crippen LogP) is 6.38. The number of urea groups is 1. The van der Waals surface area contributed by atoms with Gasteiger partial charge in [0.2, 0.25) is 0 Å². The monoisotopic (exact) mass is 521 g/mol. The van der Waals surface area contributed by atoms with Crippen molar-refractivity contribution >= 4 is 23.6 Å². The van der Waals surface area contributed by atoms with Gasteiger partial charge in [-0.15, -0.1) is 0 Å². The third kappa shape index (κ3) is 10.1. The minimum atomic E-state index is -4.46. The molecule has 0 fully saturated rings. The van der Waals surface area contributed by atoms with E-state index in [-0.39, 0.29) is 24.7 Å². The number of alkyl halides is 3. The molecule has 7 nitrogen and oxygen atoms in total. The van der Waals surface area contributed by atoms with Gasteiger partial charge in [-0.05, 0) is 54.3 Å². The van der Waals surface area contributed by atoms with E-state index in [1.54, 1.807) is 24.3 Å². The third-order valence-corrected chi connectivity index (χ3v) is 6.09. The number of nitrogens with one attached hydrogen (secondary N) is 3. The lowest BCUT2D eigenvalue weighted by molar-refractivity contribution is -0.138. The van der Waals surface area contributed by atoms with E-state index in [0.717, 1.165) is 43.4 Å². The van der Waals surface area contributed by atoms with Crippen LogP contribution in [-0.2, 0) is 11.0 Å². The Kier molecular flexibility index (Phi) is 11.4. The molecule has 0 saturated carbocycles. The van der Waals surface area contributed by atoms with Crippen LogP contribution in [0.5, 0.6) is 0 Å². The van der Waals surface area contributed by atoms with Gasteiger partial charge in [-0.2, -0.15) is 13.2 Å². The second-order valence-corrected chi connectivity index (χ2v) is 8.90. The van der Waals surface area contributed by atoms with Gasteiger partial charge < -0.3 is 21.1 Å². The van der Waals surface area contributed by atoms with Crippen LogP contribution < -0.4 is 16.0 Å². The molecule has 0 bridgehead atoms. The molecule has 2 aromatic rings. The molecule has 2 atom stereocenters. The lowest BCUT2D eigenvalue weighted by Crippen LogP contribution is -2.34. The normalized spacial score (nSPS) is 12.9. The fourth-order valence-corrected chi connectivity index (χ4v) is 3.91. The van der Waals surface area contributed by atoms with E-state index >= 15 is 0 Å². The molecule has 0 heterocycles. The smallest absolute Gasteiger partial charge is 0.416 e. The summed E-state index contributed by atoms with van der Waals surface area (Å²) in [5.74, 6) is -1.06. The van der Waals surface area contributed by atoms with Crippen molar-refractivity contribution in [1.82, 2.24) is 10.6 Å². The Labute approximate surface area is 214 Å². The van der Waals surface area contributed by atoms with Crippen molar-refractivity contribution in [1.29, 1.82) is 0 Å². The van der Waals surface area contributed by atoms with Crippen molar-refractivity contribution in [3.05, 3.63) is 65.2 Å². The number of carboxylic acid groups (broad SMARTS) is 1. The molecule has 0 aromatic heterocycles. The van der Waals surface area contributed by atoms with Crippen LogP contribution in [0.15, 0.2) is 48.5 Å². The van der Waals surface area contributed by atoms with Crippen LogP contribution in [0.25, 0.3) is 0 Å². The average molecular weight is 522 g/mol. The fraction of sp³-hybridized carbons (Fsp3) is 0.444. The van der Waals surface area contributed by atoms with Gasteiger partial charge in [0.25, 0.3) is 5.91 Å². The summed E-state index contributed by atoms with van der Waals surface area (Å²) in [5.41, 5.74) is 0.570. The molecule has 0 aliphatic carbocycles. The quantitative estimate of drug-likeness (QED) is 0.245. The molecule has 10 heteroatoms. The largest absolute Gasteiger partial charge is 0.481 e. The van der Waals surface area contributed by atoms with E-state index in [9.17, 15) is 27.6 Å². The summed E-state index contributed by atoms with van der Waals surface area (Å²) < 4.78 is 38.4. The molecule has 2 aromatic carbocycles. The molecular formula is C27H34F3N3O4. The van der Waals surface area contributed by atoms with Gasteiger partial charge in [0.05, 0.1) is 18.0 Å². The first-order valence-corrected chi connectivity index (χ1v) is 12.4. The number of rotatable bonds is 13. The Morgan fingerprint density at radius 1 is 0.973 bits per heavy atom. The summed E-state index contributed by atoms with van der Waals surface area (Å²) in [6, 6.07) is 9.98. The maximum Gasteiger partial charge on any atom is 0.416 e. The lowest BCUT2D eigenvalue weighted by atomic mass is 9.89. The fourth-order valence-electron chi connectivity index (χ4n) is 3.91. The number of amides is 3. The Morgan fingerprint density at radius 2 is 1.62 bits per heavy atom. The highest BCUT2D eigenvalue weighted by Gasteiger charge is 2.30. The van der Waals surface area contributed by atoms with E-state index in [2.05, 4.69) is 29.8 Å². The van der Waals surface area contributed by atoms with Crippen LogP contribution in [-0.4, -0.2) is 29.6 Å². The lowest BCUT2D eigenvalue weighted by Gasteiger charge is -2.25. The van der Waals surface area contributed by atoms with Crippen LogP contribution in [0.2, 0.25) is 0 Å². The number of hydrogen-bond acceptors (Lipinski definition) is 3. The van der Waals surface area contributed by atoms with E-state index in [1.807, 2.05) is 0 Å². The molecule has 202 valence electrons. The Hall–Kier alpha value is -3.56. The highest BCUT2D eigenvalue weighted by atomic mass is 19.4. The van der Waals surface area contributed by atoms with E-state index < -0.39 is 29.6 Å². The molecular weight excluding hydrogens is 487 g/mol. The van der Waals surface area contributed by atoms with Crippen molar-refractivity contribution in [2.75, 3.05) is 11.9 Å². The van der Waals surface area contributed by atoms with Crippen molar-refractivity contribution in [3.8, 4) is 0 Å². The average Bonchev–Trinajstić information content (AvgIpc) is 2.85. The SMILES string of the molecule is CCCCC(CC)CC(NC(=O)Nc1ccc(C(F)(F)F)cc1)c1ccc(C(=O)NCCC(=O)O)cc1. The molecule has 0 saturated heterocycles. The maximum atomic E-state index is 12.8. The Bertz CT molecular complexity index is 1020. The Morgan fingerprint density at radius 3 is 2.16 bits per heavy atom. The highest BCUT2D eigenvalue weighted by molar-refractivity contribution is 5.94. The molecule has 2 unspecified atom stereocenters. The van der Waals surface area contributed by atoms with Crippen LogP contribution >= 0.6 is 0 Å². The first-order valence-electron chi connectivity index (χ1n) is 12.4. The molecule has 4 N–H and O–H groups in total. The minimum Gasteiger partial charge on any atom is -0.481 e. The molecule has 0 spiro atoms. The summed E-state index contributed by atoms with van der Waals surface area (Å²) in [7, 11) is 0. The zero-order valence-electron chi connectivity index (χ0n) is 21.0. The second kappa shape index (κ2) is 14.2. The van der Waals surface area contributed by atoms with Crippen LogP contribution in [0.4, 0.5) is 23.7 Å². The molecule has 0 aliphatic rings. The summed E-state index contributed by atoms with van der Waals surface area (Å²) in [6.07, 6.45) is 0.0334. The van der Waals surface area contributed by atoms with Crippen molar-refractivity contribution in [2.24, 2.45) is 5.92 Å². The van der Waals surface area contributed by atoms with Gasteiger partial charge >= 0.3 is 18.2 Å². The first-order chi connectivity index (χ1) is 17.5. The summed E-state index contributed by atoms with van der Waals surface area (Å²) in [6.45, 7) is 4.21. The number of anilines is 1. The van der Waals surface area contributed by atoms with E-state index in [1.165, 1.54) is 12.1 Å². The minimum absolute atomic E-state index is 0.0137. The third-order valence-electron chi connectivity index (χ3n) is 6.09. The van der Waals surface area contributed by atoms with Crippen LogP contribution in [0.3, 0.4) is 0 Å². The van der Waals surface area contributed by atoms with Crippen molar-refractivity contribution in [3.63, 3.8) is 0 Å². The molecule has 3 amide bonds. The van der Waals surface area contributed by atoms with Gasteiger partial charge in [0.1, 0.15) is 0 Å². The molecule has 0 radical (unpaired) electrons. The highest BCUT2D eigenvalue weighted by Crippen LogP contribution is 2.30. The number of halogens is 3. The number of benzene rings is 2. The first kappa shape index (κ1) is 29.7. The standard InChI is InChI=1S/C27H34F3N3O4/c1-3-5-6-18(4-2)17-23(19-7-9-20(10-8-19)25(36)31-16-15-24(34)35)33-26(37)32-22-13-11-21(12-14-22)27(28,29)30/h7-14,18,23H,3-6,15-17H2,1-2H3,(H,31,36)(H,34,35)(H2,32,33,37). The topological polar surface area (TPSA) is 108 Å². The van der Waals surface area contributed by atoms with Crippen molar-refractivity contribution < 1.29 is 32.7 Å². The second-order valence-electron chi connectivity index (χ2n) is 8.90. The predicted molar refractivity (Wildman–Crippen MR) is 135 cm³/mol. The van der Waals surface area contributed by atoms with Gasteiger partial charge in [0.15, 0.2) is 0 Å². The number of carbonyl (C=O) groups is 3. The van der Waals surface area contributed by atoms with E-state index in [0.29, 0.717) is 17.9 Å². The number of unbranched alkanes of at least 4 members (excludes halogenated alkanes) is 1. The van der Waals surface area contributed by atoms with Crippen LogP contribution in [0.1, 0.15) is 79.9 Å². The zero-order chi connectivity index (χ0) is 27.4. The molecule has 0 aliphatic heterocycles. The number of carboxylic acids is 1. The Balaban J connectivity index is 2.14. The summed E-state index contributed by atoms with van der Waals surface area (Å²) in [4.78, 5) is 35.7. The number of hydrogen-bond donors (Lipinski definition) is 4. The van der Waals surface area contributed by atoms with E-state index in [4.69, 9.17) is 5.11 Å². The van der Waals surface area contributed by atoms with Gasteiger partial charge in [-0.25, -0.2) is 4.79 Å². The maximum absolute atomic E-state index is 12.8. The summed E-state index contributed by atoms with van der Waals surface area (Å²) in [5, 5.41) is 16.8. The van der Waals surface area contributed by atoms with Crippen LogP contribution in [0, 0.1) is 5.92 Å². The molecule has 2 rings (SSSR count).